The molecule has 240 valence electrons. The third kappa shape index (κ3) is 5.12. The van der Waals surface area contributed by atoms with Gasteiger partial charge < -0.3 is 4.57 Å². The van der Waals surface area contributed by atoms with Crippen LogP contribution in [0.15, 0.2) is 170 Å². The lowest BCUT2D eigenvalue weighted by Crippen LogP contribution is -2.05. The normalized spacial score (nSPS) is 13.2. The number of hydrogen-bond donors (Lipinski definition) is 0. The fourth-order valence-electron chi connectivity index (χ4n) is 7.62. The topological polar surface area (TPSA) is 43.6 Å². The van der Waals surface area contributed by atoms with Gasteiger partial charge >= 0.3 is 0 Å². The molecule has 0 atom stereocenters. The Morgan fingerprint density at radius 2 is 1.00 bits per heavy atom. The number of benzene rings is 7. The molecule has 4 nitrogen and oxygen atoms in total. The van der Waals surface area contributed by atoms with E-state index in [2.05, 4.69) is 156 Å². The van der Waals surface area contributed by atoms with Crippen molar-refractivity contribution in [3.05, 3.63) is 181 Å². The van der Waals surface area contributed by atoms with E-state index < -0.39 is 0 Å². The van der Waals surface area contributed by atoms with Crippen molar-refractivity contribution >= 4 is 54.5 Å². The summed E-state index contributed by atoms with van der Waals surface area (Å²) in [6.07, 6.45) is 6.20. The van der Waals surface area contributed by atoms with Gasteiger partial charge in [-0.3, -0.25) is 0 Å². The van der Waals surface area contributed by atoms with Crippen molar-refractivity contribution in [2.24, 2.45) is 0 Å². The van der Waals surface area contributed by atoms with Crippen molar-refractivity contribution in [3.8, 4) is 28.5 Å². The Bertz CT molecular complexity index is 2850. The number of nitrogens with zero attached hydrogens (tertiary/aromatic N) is 4. The zero-order valence-electron chi connectivity index (χ0n) is 27.9. The summed E-state index contributed by atoms with van der Waals surface area (Å²) < 4.78 is 2.40. The molecule has 0 saturated heterocycles. The number of fused-ring (bicyclic) bond motifs is 6. The van der Waals surface area contributed by atoms with Crippen LogP contribution >= 0.6 is 0 Å². The van der Waals surface area contributed by atoms with E-state index in [-0.39, 0.29) is 0 Å². The molecule has 9 aromatic rings. The maximum Gasteiger partial charge on any atom is 0.164 e. The first-order chi connectivity index (χ1) is 25.3. The first-order valence-electron chi connectivity index (χ1n) is 17.5. The van der Waals surface area contributed by atoms with Gasteiger partial charge in [-0.25, -0.2) is 15.0 Å². The maximum absolute atomic E-state index is 5.15. The summed E-state index contributed by atoms with van der Waals surface area (Å²) in [5, 5.41) is 7.45. The third-order valence-electron chi connectivity index (χ3n) is 10.1. The minimum atomic E-state index is 0.663. The molecule has 4 heteroatoms. The van der Waals surface area contributed by atoms with Crippen molar-refractivity contribution in [2.45, 2.75) is 12.8 Å². The van der Waals surface area contributed by atoms with Gasteiger partial charge in [-0.05, 0) is 81.4 Å². The largest absolute Gasteiger partial charge is 0.309 e. The molecular weight excluding hydrogens is 621 g/mol. The van der Waals surface area contributed by atoms with Crippen LogP contribution in [0.1, 0.15) is 24.2 Å². The molecule has 0 radical (unpaired) electrons. The van der Waals surface area contributed by atoms with E-state index >= 15 is 0 Å². The predicted molar refractivity (Wildman–Crippen MR) is 212 cm³/mol. The zero-order chi connectivity index (χ0) is 33.7. The van der Waals surface area contributed by atoms with Crippen LogP contribution in [0.4, 0.5) is 0 Å². The maximum atomic E-state index is 5.15. The van der Waals surface area contributed by atoms with Crippen LogP contribution in [0.25, 0.3) is 83.0 Å². The van der Waals surface area contributed by atoms with Crippen molar-refractivity contribution in [1.82, 2.24) is 19.5 Å². The van der Waals surface area contributed by atoms with E-state index in [1.807, 2.05) is 18.2 Å². The molecule has 7 aromatic carbocycles. The number of aromatic nitrogens is 4. The fraction of sp³-hybridized carbons (Fsp3) is 0.0426. The molecule has 0 spiro atoms. The third-order valence-corrected chi connectivity index (χ3v) is 10.1. The van der Waals surface area contributed by atoms with E-state index in [0.29, 0.717) is 11.6 Å². The Morgan fingerprint density at radius 1 is 0.392 bits per heavy atom. The van der Waals surface area contributed by atoms with Crippen LogP contribution < -0.4 is 0 Å². The molecule has 0 N–H and O–H groups in total. The second kappa shape index (κ2) is 12.0. The number of rotatable bonds is 5. The monoisotopic (exact) mass is 652 g/mol. The van der Waals surface area contributed by atoms with Gasteiger partial charge in [-0.2, -0.15) is 0 Å². The van der Waals surface area contributed by atoms with E-state index in [1.165, 1.54) is 54.5 Å². The first kappa shape index (κ1) is 29.3. The van der Waals surface area contributed by atoms with Gasteiger partial charge in [0, 0.05) is 27.6 Å². The van der Waals surface area contributed by atoms with Gasteiger partial charge in [0.25, 0.3) is 0 Å². The molecule has 1 aliphatic rings. The standard InChI is InChI=1S/C47H32N4/c1-3-12-31(13-4-1)32-22-24-35(25-23-32)46-48-45(34-15-5-2-6-16-34)49-47(50-46)38-19-11-20-39(28-38)51-42-27-26-33-14-9-10-21-40(33)44(42)41-29-36-17-7-8-18-37(36)30-43(41)51/h1-22,24,26-30H,23,25H2. The van der Waals surface area contributed by atoms with Crippen molar-refractivity contribution in [1.29, 1.82) is 0 Å². The Balaban J connectivity index is 1.16. The van der Waals surface area contributed by atoms with Crippen LogP contribution in [0, 0.1) is 0 Å². The van der Waals surface area contributed by atoms with Crippen LogP contribution in [0.3, 0.4) is 0 Å². The lowest BCUT2D eigenvalue weighted by atomic mass is 9.93. The Hall–Kier alpha value is -6.65. The van der Waals surface area contributed by atoms with Crippen molar-refractivity contribution in [3.63, 3.8) is 0 Å². The average Bonchev–Trinajstić information content (AvgIpc) is 3.54. The Labute approximate surface area is 295 Å². The summed E-state index contributed by atoms with van der Waals surface area (Å²) in [5.74, 6) is 2.06. The van der Waals surface area contributed by atoms with Crippen LogP contribution in [-0.2, 0) is 0 Å². The second-order valence-electron chi connectivity index (χ2n) is 13.2. The van der Waals surface area contributed by atoms with Gasteiger partial charge in [-0.15, -0.1) is 0 Å². The van der Waals surface area contributed by atoms with Crippen molar-refractivity contribution in [2.75, 3.05) is 0 Å². The molecular formula is C47H32N4. The highest BCUT2D eigenvalue weighted by molar-refractivity contribution is 6.23. The van der Waals surface area contributed by atoms with Crippen LogP contribution in [-0.4, -0.2) is 19.5 Å². The summed E-state index contributed by atoms with van der Waals surface area (Å²) in [4.78, 5) is 15.3. The van der Waals surface area contributed by atoms with Gasteiger partial charge in [0.2, 0.25) is 0 Å². The highest BCUT2D eigenvalue weighted by atomic mass is 15.0. The predicted octanol–water partition coefficient (Wildman–Crippen LogP) is 11.9. The molecule has 0 saturated carbocycles. The quantitative estimate of drug-likeness (QED) is 0.186. The summed E-state index contributed by atoms with van der Waals surface area (Å²) in [7, 11) is 0. The fourth-order valence-corrected chi connectivity index (χ4v) is 7.62. The van der Waals surface area contributed by atoms with Gasteiger partial charge in [-0.1, -0.05) is 140 Å². The minimum absolute atomic E-state index is 0.663. The molecule has 0 unspecified atom stereocenters. The lowest BCUT2D eigenvalue weighted by molar-refractivity contribution is 0.984. The summed E-state index contributed by atoms with van der Waals surface area (Å²) >= 11 is 0. The first-order valence-corrected chi connectivity index (χ1v) is 17.5. The minimum Gasteiger partial charge on any atom is -0.309 e. The SMILES string of the molecule is C1=C(c2ccccc2)CCC(c2nc(-c3ccccc3)nc(-c3cccc(-n4c5cc6ccccc6cc5c5c6ccccc6ccc54)c3)n2)=C1. The molecule has 10 rings (SSSR count). The molecule has 2 aromatic heterocycles. The van der Waals surface area contributed by atoms with E-state index in [0.717, 1.165) is 41.1 Å². The highest BCUT2D eigenvalue weighted by Crippen LogP contribution is 2.39. The molecule has 0 amide bonds. The van der Waals surface area contributed by atoms with Gasteiger partial charge in [0.15, 0.2) is 17.5 Å². The van der Waals surface area contributed by atoms with Gasteiger partial charge in [0.05, 0.1) is 11.0 Å². The lowest BCUT2D eigenvalue weighted by Gasteiger charge is -2.16. The number of hydrogen-bond acceptors (Lipinski definition) is 3. The summed E-state index contributed by atoms with van der Waals surface area (Å²) in [6.45, 7) is 0. The van der Waals surface area contributed by atoms with Crippen LogP contribution in [0.5, 0.6) is 0 Å². The average molecular weight is 653 g/mol. The molecule has 51 heavy (non-hydrogen) atoms. The van der Waals surface area contributed by atoms with Crippen LogP contribution in [0.2, 0.25) is 0 Å². The van der Waals surface area contributed by atoms with Crippen molar-refractivity contribution < 1.29 is 0 Å². The number of allylic oxidation sites excluding steroid dienone is 4. The summed E-state index contributed by atoms with van der Waals surface area (Å²) in [6, 6.07) is 55.9. The highest BCUT2D eigenvalue weighted by Gasteiger charge is 2.19. The summed E-state index contributed by atoms with van der Waals surface area (Å²) in [5.41, 5.74) is 9.03. The molecule has 1 aliphatic carbocycles. The zero-order valence-corrected chi connectivity index (χ0v) is 27.9. The van der Waals surface area contributed by atoms with Gasteiger partial charge in [0.1, 0.15) is 0 Å². The Morgan fingerprint density at radius 3 is 1.76 bits per heavy atom. The Kier molecular flexibility index (Phi) is 6.91. The van der Waals surface area contributed by atoms with E-state index in [9.17, 15) is 0 Å². The molecule has 0 fully saturated rings. The molecule has 0 aliphatic heterocycles. The second-order valence-corrected chi connectivity index (χ2v) is 13.2. The molecule has 0 bridgehead atoms. The van der Waals surface area contributed by atoms with E-state index in [4.69, 9.17) is 15.0 Å². The van der Waals surface area contributed by atoms with E-state index in [1.54, 1.807) is 0 Å². The smallest absolute Gasteiger partial charge is 0.164 e. The molecule has 2 heterocycles.